The van der Waals surface area contributed by atoms with Gasteiger partial charge in [-0.25, -0.2) is 0 Å². The maximum Gasteiger partial charge on any atom is 0.246 e. The third kappa shape index (κ3) is 4.44. The van der Waals surface area contributed by atoms with Gasteiger partial charge in [0.15, 0.2) is 5.78 Å². The van der Waals surface area contributed by atoms with Crippen LogP contribution in [0.4, 0.5) is 11.4 Å². The topological polar surface area (TPSA) is 76.7 Å². The lowest BCUT2D eigenvalue weighted by Gasteiger charge is -2.19. The number of nitrogens with one attached hydrogen (secondary N) is 2. The van der Waals surface area contributed by atoms with Crippen LogP contribution in [0.2, 0.25) is 0 Å². The molecule has 2 aromatic carbocycles. The molecule has 0 aromatic heterocycles. The van der Waals surface area contributed by atoms with Crippen LogP contribution in [-0.4, -0.2) is 30.4 Å². The highest BCUT2D eigenvalue weighted by molar-refractivity contribution is 5.98. The van der Waals surface area contributed by atoms with E-state index in [-0.39, 0.29) is 17.8 Å². The molecular formula is C22H26N2O4. The molecule has 0 fully saturated rings. The lowest BCUT2D eigenvalue weighted by Crippen LogP contribution is -2.32. The van der Waals surface area contributed by atoms with Crippen molar-refractivity contribution in [1.82, 2.24) is 0 Å². The molecular weight excluding hydrogens is 356 g/mol. The molecule has 1 aliphatic rings. The molecule has 0 bridgehead atoms. The molecule has 148 valence electrons. The molecule has 0 unspecified atom stereocenters. The predicted molar refractivity (Wildman–Crippen MR) is 110 cm³/mol. The van der Waals surface area contributed by atoms with E-state index in [9.17, 15) is 9.59 Å². The number of ether oxygens (including phenoxy) is 2. The minimum absolute atomic E-state index is 0.00971. The van der Waals surface area contributed by atoms with E-state index < -0.39 is 6.04 Å². The van der Waals surface area contributed by atoms with E-state index in [4.69, 9.17) is 9.47 Å². The molecule has 1 heterocycles. The number of carbonyl (C=O) groups excluding carboxylic acids is 2. The fourth-order valence-corrected chi connectivity index (χ4v) is 3.16. The van der Waals surface area contributed by atoms with Gasteiger partial charge < -0.3 is 20.1 Å². The van der Waals surface area contributed by atoms with Crippen molar-refractivity contribution in [3.63, 3.8) is 0 Å². The number of amides is 1. The number of anilines is 2. The van der Waals surface area contributed by atoms with Crippen LogP contribution < -0.4 is 20.1 Å². The van der Waals surface area contributed by atoms with Crippen molar-refractivity contribution >= 4 is 23.1 Å². The van der Waals surface area contributed by atoms with E-state index in [1.807, 2.05) is 26.0 Å². The quantitative estimate of drug-likeness (QED) is 0.707. The Bertz CT molecular complexity index is 877. The van der Waals surface area contributed by atoms with E-state index in [1.54, 1.807) is 31.2 Å². The molecule has 0 spiro atoms. The van der Waals surface area contributed by atoms with Crippen molar-refractivity contribution in [1.29, 1.82) is 0 Å². The Labute approximate surface area is 165 Å². The van der Waals surface area contributed by atoms with Gasteiger partial charge in [0.1, 0.15) is 23.6 Å². The smallest absolute Gasteiger partial charge is 0.246 e. The van der Waals surface area contributed by atoms with Crippen LogP contribution in [0.1, 0.15) is 43.6 Å². The van der Waals surface area contributed by atoms with Crippen LogP contribution in [0.5, 0.6) is 11.5 Å². The standard InChI is InChI=1S/C22H26N2O4/c1-5-27-21-11-17-10-13(2)28-20(17)12-19(21)23-14(3)22(26)24-18-8-6-16(7-9-18)15(4)25/h6-9,11-14,23H,5,10H2,1-4H3,(H,24,26)/t13-,14+/m1/s1. The summed E-state index contributed by atoms with van der Waals surface area (Å²) in [5, 5.41) is 6.07. The molecule has 0 aliphatic carbocycles. The van der Waals surface area contributed by atoms with Crippen molar-refractivity contribution < 1.29 is 19.1 Å². The molecule has 2 N–H and O–H groups in total. The van der Waals surface area contributed by atoms with Gasteiger partial charge in [0, 0.05) is 29.3 Å². The molecule has 6 heteroatoms. The third-order valence-electron chi connectivity index (χ3n) is 4.62. The molecule has 0 radical (unpaired) electrons. The summed E-state index contributed by atoms with van der Waals surface area (Å²) in [6.45, 7) is 7.78. The van der Waals surface area contributed by atoms with Gasteiger partial charge in [-0.05, 0) is 58.0 Å². The summed E-state index contributed by atoms with van der Waals surface area (Å²) >= 11 is 0. The van der Waals surface area contributed by atoms with Gasteiger partial charge in [0.05, 0.1) is 12.3 Å². The summed E-state index contributed by atoms with van der Waals surface area (Å²) in [4.78, 5) is 23.9. The fraction of sp³-hybridized carbons (Fsp3) is 0.364. The Balaban J connectivity index is 1.71. The van der Waals surface area contributed by atoms with Crippen molar-refractivity contribution in [2.45, 2.75) is 46.3 Å². The van der Waals surface area contributed by atoms with Crippen LogP contribution in [0.3, 0.4) is 0 Å². The van der Waals surface area contributed by atoms with E-state index in [0.29, 0.717) is 23.6 Å². The van der Waals surface area contributed by atoms with Gasteiger partial charge in [-0.15, -0.1) is 0 Å². The number of carbonyl (C=O) groups is 2. The number of rotatable bonds is 7. The molecule has 6 nitrogen and oxygen atoms in total. The number of fused-ring (bicyclic) bond motifs is 1. The average molecular weight is 382 g/mol. The molecule has 1 amide bonds. The van der Waals surface area contributed by atoms with E-state index in [1.165, 1.54) is 6.92 Å². The van der Waals surface area contributed by atoms with Gasteiger partial charge in [-0.2, -0.15) is 0 Å². The van der Waals surface area contributed by atoms with Crippen molar-refractivity contribution in [2.75, 3.05) is 17.2 Å². The second kappa shape index (κ2) is 8.33. The van der Waals surface area contributed by atoms with E-state index in [0.717, 1.165) is 23.4 Å². The van der Waals surface area contributed by atoms with E-state index in [2.05, 4.69) is 10.6 Å². The molecule has 2 atom stereocenters. The van der Waals surface area contributed by atoms with Gasteiger partial charge in [0.2, 0.25) is 5.91 Å². The Morgan fingerprint density at radius 2 is 1.96 bits per heavy atom. The maximum absolute atomic E-state index is 12.6. The Kier molecular flexibility index (Phi) is 5.87. The summed E-state index contributed by atoms with van der Waals surface area (Å²) in [5.41, 5.74) is 3.09. The highest BCUT2D eigenvalue weighted by Gasteiger charge is 2.23. The lowest BCUT2D eigenvalue weighted by molar-refractivity contribution is -0.116. The molecule has 3 rings (SSSR count). The number of ketones is 1. The minimum atomic E-state index is -0.497. The molecule has 0 saturated carbocycles. The number of Topliss-reactive ketones (excluding diaryl/α,β-unsaturated/α-hetero) is 1. The molecule has 0 saturated heterocycles. The SMILES string of the molecule is CCOc1cc2c(cc1N[C@@H](C)C(=O)Nc1ccc(C(C)=O)cc1)O[C@H](C)C2. The van der Waals surface area contributed by atoms with Crippen LogP contribution in [0.25, 0.3) is 0 Å². The zero-order valence-electron chi connectivity index (χ0n) is 16.7. The molecule has 28 heavy (non-hydrogen) atoms. The summed E-state index contributed by atoms with van der Waals surface area (Å²) in [6.07, 6.45) is 0.987. The predicted octanol–water partition coefficient (Wildman–Crippen LogP) is 4.05. The van der Waals surface area contributed by atoms with Gasteiger partial charge in [-0.3, -0.25) is 9.59 Å². The second-order valence-corrected chi connectivity index (χ2v) is 7.01. The molecule has 1 aliphatic heterocycles. The summed E-state index contributed by atoms with van der Waals surface area (Å²) in [7, 11) is 0. The Morgan fingerprint density at radius 1 is 1.25 bits per heavy atom. The highest BCUT2D eigenvalue weighted by Crippen LogP contribution is 2.38. The number of hydrogen-bond donors (Lipinski definition) is 2. The zero-order chi connectivity index (χ0) is 20.3. The van der Waals surface area contributed by atoms with Gasteiger partial charge >= 0.3 is 0 Å². The summed E-state index contributed by atoms with van der Waals surface area (Å²) in [5.74, 6) is 1.34. The van der Waals surface area contributed by atoms with Gasteiger partial charge in [0.25, 0.3) is 0 Å². The first-order valence-electron chi connectivity index (χ1n) is 9.52. The zero-order valence-corrected chi connectivity index (χ0v) is 16.7. The lowest BCUT2D eigenvalue weighted by atomic mass is 10.1. The fourth-order valence-electron chi connectivity index (χ4n) is 3.16. The Hall–Kier alpha value is -3.02. The first-order valence-corrected chi connectivity index (χ1v) is 9.52. The summed E-state index contributed by atoms with van der Waals surface area (Å²) < 4.78 is 11.6. The van der Waals surface area contributed by atoms with Crippen molar-refractivity contribution in [3.05, 3.63) is 47.5 Å². The average Bonchev–Trinajstić information content (AvgIpc) is 3.01. The number of benzene rings is 2. The Morgan fingerprint density at radius 3 is 2.61 bits per heavy atom. The first-order chi connectivity index (χ1) is 13.4. The number of hydrogen-bond acceptors (Lipinski definition) is 5. The van der Waals surface area contributed by atoms with Crippen LogP contribution in [0.15, 0.2) is 36.4 Å². The molecule has 2 aromatic rings. The van der Waals surface area contributed by atoms with Gasteiger partial charge in [-0.1, -0.05) is 0 Å². The highest BCUT2D eigenvalue weighted by atomic mass is 16.5. The monoisotopic (exact) mass is 382 g/mol. The second-order valence-electron chi connectivity index (χ2n) is 7.01. The van der Waals surface area contributed by atoms with Crippen LogP contribution in [-0.2, 0) is 11.2 Å². The maximum atomic E-state index is 12.6. The van der Waals surface area contributed by atoms with E-state index >= 15 is 0 Å². The largest absolute Gasteiger partial charge is 0.492 e. The minimum Gasteiger partial charge on any atom is -0.492 e. The normalized spacial score (nSPS) is 15.9. The van der Waals surface area contributed by atoms with Crippen molar-refractivity contribution in [2.24, 2.45) is 0 Å². The van der Waals surface area contributed by atoms with Crippen molar-refractivity contribution in [3.8, 4) is 11.5 Å². The third-order valence-corrected chi connectivity index (χ3v) is 4.62. The van der Waals surface area contributed by atoms with Crippen LogP contribution in [0, 0.1) is 0 Å². The van der Waals surface area contributed by atoms with Crippen LogP contribution >= 0.6 is 0 Å². The first kappa shape index (κ1) is 19.7. The summed E-state index contributed by atoms with van der Waals surface area (Å²) in [6, 6.07) is 10.2.